The lowest BCUT2D eigenvalue weighted by atomic mass is 10.1. The first-order valence-electron chi connectivity index (χ1n) is 11.8. The highest BCUT2D eigenvalue weighted by atomic mass is 16.5. The number of aromatic nitrogens is 1. The number of amides is 2. The van der Waals surface area contributed by atoms with Crippen LogP contribution in [0.2, 0.25) is 0 Å². The maximum absolute atomic E-state index is 12.6. The number of nitriles is 1. The Morgan fingerprint density at radius 3 is 2.46 bits per heavy atom. The summed E-state index contributed by atoms with van der Waals surface area (Å²) in [6, 6.07) is 20.3. The molecule has 4 aromatic rings. The number of nitrogens with zero attached hydrogens (tertiary/aromatic N) is 2. The lowest BCUT2D eigenvalue weighted by molar-refractivity contribution is -0.115. The van der Waals surface area contributed by atoms with E-state index in [4.69, 9.17) is 9.47 Å². The summed E-state index contributed by atoms with van der Waals surface area (Å²) >= 11 is 0. The first kappa shape index (κ1) is 26.6. The Morgan fingerprint density at radius 1 is 0.974 bits per heavy atom. The highest BCUT2D eigenvalue weighted by molar-refractivity contribution is 6.06. The van der Waals surface area contributed by atoms with Gasteiger partial charge in [-0.15, -0.1) is 0 Å². The van der Waals surface area contributed by atoms with E-state index < -0.39 is 24.3 Å². The Hall–Kier alpha value is -5.43. The van der Waals surface area contributed by atoms with Gasteiger partial charge in [-0.25, -0.2) is 9.78 Å². The first-order chi connectivity index (χ1) is 18.8. The summed E-state index contributed by atoms with van der Waals surface area (Å²) in [5.41, 5.74) is 2.01. The third-order valence-electron chi connectivity index (χ3n) is 5.88. The molecule has 0 radical (unpaired) electrons. The number of ether oxygens (including phenoxy) is 2. The lowest BCUT2D eigenvalue weighted by Crippen LogP contribution is -2.33. The van der Waals surface area contributed by atoms with Crippen molar-refractivity contribution in [3.05, 3.63) is 94.7 Å². The molecule has 1 heterocycles. The van der Waals surface area contributed by atoms with Crippen LogP contribution in [0.15, 0.2) is 66.7 Å². The van der Waals surface area contributed by atoms with Gasteiger partial charge in [-0.1, -0.05) is 30.3 Å². The zero-order valence-corrected chi connectivity index (χ0v) is 21.1. The number of para-hydroxylation sites is 1. The molecular formula is C29H24N4O6. The van der Waals surface area contributed by atoms with Gasteiger partial charge in [-0.2, -0.15) is 5.26 Å². The van der Waals surface area contributed by atoms with Crippen LogP contribution in [0.5, 0.6) is 11.5 Å². The Balaban J connectivity index is 1.51. The van der Waals surface area contributed by atoms with Crippen LogP contribution in [-0.2, 0) is 11.4 Å². The predicted octanol–water partition coefficient (Wildman–Crippen LogP) is 4.07. The number of hydrogen-bond donors (Lipinski definition) is 3. The van der Waals surface area contributed by atoms with Gasteiger partial charge >= 0.3 is 5.97 Å². The molecule has 2 amide bonds. The number of pyridine rings is 1. The van der Waals surface area contributed by atoms with Crippen LogP contribution >= 0.6 is 0 Å². The van der Waals surface area contributed by atoms with E-state index in [-0.39, 0.29) is 29.0 Å². The molecule has 0 aliphatic rings. The van der Waals surface area contributed by atoms with Gasteiger partial charge in [0, 0.05) is 11.1 Å². The van der Waals surface area contributed by atoms with Gasteiger partial charge < -0.3 is 25.2 Å². The van der Waals surface area contributed by atoms with Gasteiger partial charge in [-0.3, -0.25) is 9.59 Å². The van der Waals surface area contributed by atoms with Crippen molar-refractivity contribution in [2.24, 2.45) is 0 Å². The summed E-state index contributed by atoms with van der Waals surface area (Å²) in [6.07, 6.45) is 0. The maximum Gasteiger partial charge on any atom is 0.336 e. The molecule has 0 aliphatic carbocycles. The molecule has 10 heteroatoms. The van der Waals surface area contributed by atoms with Crippen LogP contribution in [0.25, 0.3) is 10.9 Å². The second-order valence-corrected chi connectivity index (χ2v) is 8.43. The third kappa shape index (κ3) is 5.94. The molecule has 1 aromatic heterocycles. The van der Waals surface area contributed by atoms with Crippen LogP contribution < -0.4 is 20.1 Å². The second-order valence-electron chi connectivity index (χ2n) is 8.43. The largest absolute Gasteiger partial charge is 0.496 e. The molecule has 0 unspecified atom stereocenters. The number of aryl methyl sites for hydroxylation is 1. The van der Waals surface area contributed by atoms with Crippen molar-refractivity contribution >= 4 is 34.4 Å². The number of rotatable bonds is 9. The third-order valence-corrected chi connectivity index (χ3v) is 5.88. The fraction of sp³-hybridized carbons (Fsp3) is 0.138. The van der Waals surface area contributed by atoms with Gasteiger partial charge in [-0.05, 0) is 43.3 Å². The van der Waals surface area contributed by atoms with Crippen molar-refractivity contribution in [2.45, 2.75) is 13.5 Å². The van der Waals surface area contributed by atoms with E-state index in [1.165, 1.54) is 37.4 Å². The van der Waals surface area contributed by atoms with Crippen molar-refractivity contribution in [1.29, 1.82) is 5.26 Å². The summed E-state index contributed by atoms with van der Waals surface area (Å²) < 4.78 is 11.5. The standard InChI is InChI=1S/C29H24N4O6/c1-17-10-11-18-6-5-9-25(27(18)32-17)39-16-22-21(14-30)23(12-13-24(22)38-2)33-26(34)15-31-28(35)19-7-3-4-8-20(19)29(36)37/h3-13H,15-16H2,1-2H3,(H,31,35)(H,33,34)(H,36,37). The minimum atomic E-state index is -1.26. The Bertz CT molecular complexity index is 1630. The van der Waals surface area contributed by atoms with Gasteiger partial charge in [0.1, 0.15) is 29.7 Å². The molecule has 0 spiro atoms. The van der Waals surface area contributed by atoms with E-state index in [0.717, 1.165) is 11.1 Å². The monoisotopic (exact) mass is 524 g/mol. The molecule has 10 nitrogen and oxygen atoms in total. The molecule has 0 bridgehead atoms. The zero-order chi connectivity index (χ0) is 27.9. The number of hydrogen-bond acceptors (Lipinski definition) is 7. The number of aromatic carboxylic acids is 1. The fourth-order valence-corrected chi connectivity index (χ4v) is 4.00. The summed E-state index contributed by atoms with van der Waals surface area (Å²) in [7, 11) is 1.46. The van der Waals surface area contributed by atoms with Crippen LogP contribution in [-0.4, -0.2) is 41.5 Å². The Kier molecular flexibility index (Phi) is 8.02. The maximum atomic E-state index is 12.6. The number of carbonyl (C=O) groups is 3. The summed E-state index contributed by atoms with van der Waals surface area (Å²) in [4.78, 5) is 41.0. The normalized spacial score (nSPS) is 10.4. The number of nitrogens with one attached hydrogen (secondary N) is 2. The molecule has 0 fully saturated rings. The number of carboxylic acids is 1. The topological polar surface area (TPSA) is 151 Å². The second kappa shape index (κ2) is 11.7. The first-order valence-corrected chi connectivity index (χ1v) is 11.8. The van der Waals surface area contributed by atoms with E-state index in [1.54, 1.807) is 12.1 Å². The molecule has 0 atom stereocenters. The van der Waals surface area contributed by atoms with Crippen molar-refractivity contribution in [3.63, 3.8) is 0 Å². The van der Waals surface area contributed by atoms with Crippen molar-refractivity contribution in [2.75, 3.05) is 19.0 Å². The molecule has 0 saturated heterocycles. The summed E-state index contributed by atoms with van der Waals surface area (Å²) in [5.74, 6) is -1.66. The minimum absolute atomic E-state index is 0.0345. The smallest absolute Gasteiger partial charge is 0.336 e. The van der Waals surface area contributed by atoms with E-state index in [9.17, 15) is 24.8 Å². The molecule has 39 heavy (non-hydrogen) atoms. The number of anilines is 1. The summed E-state index contributed by atoms with van der Waals surface area (Å²) in [5, 5.41) is 25.1. The van der Waals surface area contributed by atoms with Crippen LogP contribution in [0.1, 0.15) is 37.5 Å². The number of carboxylic acid groups (broad SMARTS) is 1. The van der Waals surface area contributed by atoms with Crippen molar-refractivity contribution in [3.8, 4) is 17.6 Å². The number of carbonyl (C=O) groups excluding carboxylic acids is 2. The minimum Gasteiger partial charge on any atom is -0.496 e. The van der Waals surface area contributed by atoms with Crippen LogP contribution in [0, 0.1) is 18.3 Å². The molecule has 196 valence electrons. The molecule has 0 saturated carbocycles. The molecule has 0 aliphatic heterocycles. The van der Waals surface area contributed by atoms with Crippen molar-refractivity contribution < 1.29 is 29.0 Å². The zero-order valence-electron chi connectivity index (χ0n) is 21.1. The molecular weight excluding hydrogens is 500 g/mol. The van der Waals surface area contributed by atoms with Crippen LogP contribution in [0.4, 0.5) is 5.69 Å². The van der Waals surface area contributed by atoms with Gasteiger partial charge in [0.2, 0.25) is 5.91 Å². The fourth-order valence-electron chi connectivity index (χ4n) is 4.00. The molecule has 3 aromatic carbocycles. The average molecular weight is 525 g/mol. The lowest BCUT2D eigenvalue weighted by Gasteiger charge is -2.16. The highest BCUT2D eigenvalue weighted by Crippen LogP contribution is 2.31. The van der Waals surface area contributed by atoms with Gasteiger partial charge in [0.05, 0.1) is 41.6 Å². The quantitative estimate of drug-likeness (QED) is 0.296. The Morgan fingerprint density at radius 2 is 1.74 bits per heavy atom. The van der Waals surface area contributed by atoms with Gasteiger partial charge in [0.15, 0.2) is 0 Å². The Labute approximate surface area is 223 Å². The molecule has 3 N–H and O–H groups in total. The number of fused-ring (bicyclic) bond motifs is 1. The predicted molar refractivity (Wildman–Crippen MR) is 143 cm³/mol. The van der Waals surface area contributed by atoms with E-state index in [2.05, 4.69) is 21.7 Å². The highest BCUT2D eigenvalue weighted by Gasteiger charge is 2.19. The number of benzene rings is 3. The van der Waals surface area contributed by atoms with Crippen molar-refractivity contribution in [1.82, 2.24) is 10.3 Å². The molecule has 4 rings (SSSR count). The van der Waals surface area contributed by atoms with Gasteiger partial charge in [0.25, 0.3) is 5.91 Å². The number of methoxy groups -OCH3 is 1. The SMILES string of the molecule is COc1ccc(NC(=O)CNC(=O)c2ccccc2C(=O)O)c(C#N)c1COc1cccc2ccc(C)nc12. The average Bonchev–Trinajstić information content (AvgIpc) is 2.94. The van der Waals surface area contributed by atoms with E-state index in [1.807, 2.05) is 31.2 Å². The van der Waals surface area contributed by atoms with E-state index >= 15 is 0 Å². The van der Waals surface area contributed by atoms with E-state index in [0.29, 0.717) is 22.6 Å². The van der Waals surface area contributed by atoms with Crippen LogP contribution in [0.3, 0.4) is 0 Å². The summed E-state index contributed by atoms with van der Waals surface area (Å²) in [6.45, 7) is 1.40.